The third kappa shape index (κ3) is 7.76. The van der Waals surface area contributed by atoms with Crippen molar-refractivity contribution in [3.8, 4) is 5.75 Å². The molecule has 0 radical (unpaired) electrons. The van der Waals surface area contributed by atoms with Crippen LogP contribution in [0.1, 0.15) is 38.7 Å². The molecule has 2 amide bonds. The standard InChI is InChI=1S/C25H35N3O5S/c1-5-7-17-26-25(30)23(6-2)27(18-20-11-9-8-10-12-20)24(29)19-28(34(4,31)32)21-13-15-22(33-3)16-14-21/h8-16,23H,5-7,17-19H2,1-4H3,(H,26,30). The van der Waals surface area contributed by atoms with Crippen molar-refractivity contribution in [1.29, 1.82) is 0 Å². The van der Waals surface area contributed by atoms with Crippen molar-refractivity contribution in [2.45, 2.75) is 45.7 Å². The Labute approximate surface area is 202 Å². The summed E-state index contributed by atoms with van der Waals surface area (Å²) in [5.74, 6) is -0.123. The monoisotopic (exact) mass is 489 g/mol. The van der Waals surface area contributed by atoms with E-state index in [9.17, 15) is 18.0 Å². The molecule has 0 aliphatic carbocycles. The molecule has 0 aliphatic rings. The number of rotatable bonds is 13. The number of anilines is 1. The number of unbranched alkanes of at least 4 members (excludes halogenated alkanes) is 1. The van der Waals surface area contributed by atoms with Crippen molar-refractivity contribution in [2.75, 3.05) is 30.8 Å². The molecule has 0 spiro atoms. The van der Waals surface area contributed by atoms with Gasteiger partial charge in [-0.15, -0.1) is 0 Å². The van der Waals surface area contributed by atoms with Gasteiger partial charge in [0, 0.05) is 13.1 Å². The maximum absolute atomic E-state index is 13.6. The number of carbonyl (C=O) groups is 2. The molecule has 8 nitrogen and oxygen atoms in total. The lowest BCUT2D eigenvalue weighted by atomic mass is 10.1. The Morgan fingerprint density at radius 3 is 2.21 bits per heavy atom. The summed E-state index contributed by atoms with van der Waals surface area (Å²) in [6.07, 6.45) is 3.24. The van der Waals surface area contributed by atoms with Crippen LogP contribution in [0, 0.1) is 0 Å². The van der Waals surface area contributed by atoms with Crippen molar-refractivity contribution in [3.05, 3.63) is 60.2 Å². The molecule has 2 rings (SSSR count). The first-order valence-corrected chi connectivity index (χ1v) is 13.3. The van der Waals surface area contributed by atoms with Crippen LogP contribution in [-0.2, 0) is 26.2 Å². The van der Waals surface area contributed by atoms with Crippen LogP contribution in [0.4, 0.5) is 5.69 Å². The van der Waals surface area contributed by atoms with Crippen molar-refractivity contribution < 1.29 is 22.7 Å². The molecule has 0 fully saturated rings. The summed E-state index contributed by atoms with van der Waals surface area (Å²) >= 11 is 0. The Hall–Kier alpha value is -3.07. The highest BCUT2D eigenvalue weighted by Crippen LogP contribution is 2.22. The maximum Gasteiger partial charge on any atom is 0.244 e. The Kier molecular flexibility index (Phi) is 10.4. The predicted molar refractivity (Wildman–Crippen MR) is 134 cm³/mol. The first kappa shape index (κ1) is 27.2. The molecule has 0 aliphatic heterocycles. The Morgan fingerprint density at radius 1 is 1.03 bits per heavy atom. The molecule has 9 heteroatoms. The highest BCUT2D eigenvalue weighted by atomic mass is 32.2. The quantitative estimate of drug-likeness (QED) is 0.436. The molecule has 1 unspecified atom stereocenters. The normalized spacial score (nSPS) is 12.0. The van der Waals surface area contributed by atoms with Crippen LogP contribution in [0.5, 0.6) is 5.75 Å². The average molecular weight is 490 g/mol. The van der Waals surface area contributed by atoms with E-state index in [4.69, 9.17) is 4.74 Å². The van der Waals surface area contributed by atoms with E-state index in [0.717, 1.165) is 29.0 Å². The van der Waals surface area contributed by atoms with E-state index < -0.39 is 28.5 Å². The first-order valence-electron chi connectivity index (χ1n) is 11.4. The molecular formula is C25H35N3O5S. The SMILES string of the molecule is CCCCNC(=O)C(CC)N(Cc1ccccc1)C(=O)CN(c1ccc(OC)cc1)S(C)(=O)=O. The second-order valence-electron chi connectivity index (χ2n) is 8.04. The van der Waals surface area contributed by atoms with Gasteiger partial charge in [0.15, 0.2) is 0 Å². The maximum atomic E-state index is 13.6. The van der Waals surface area contributed by atoms with E-state index in [-0.39, 0.29) is 12.5 Å². The van der Waals surface area contributed by atoms with Crippen molar-refractivity contribution in [2.24, 2.45) is 0 Å². The Balaban J connectivity index is 2.36. The molecule has 0 aromatic heterocycles. The van der Waals surface area contributed by atoms with Crippen LogP contribution in [-0.4, -0.2) is 57.6 Å². The number of hydrogen-bond acceptors (Lipinski definition) is 5. The smallest absolute Gasteiger partial charge is 0.244 e. The third-order valence-corrected chi connectivity index (χ3v) is 6.59. The number of nitrogens with zero attached hydrogens (tertiary/aromatic N) is 2. The fourth-order valence-corrected chi connectivity index (χ4v) is 4.42. The first-order chi connectivity index (χ1) is 16.2. The largest absolute Gasteiger partial charge is 0.497 e. The minimum atomic E-state index is -3.76. The molecule has 2 aromatic carbocycles. The van der Waals surface area contributed by atoms with E-state index in [1.54, 1.807) is 24.3 Å². The molecule has 1 atom stereocenters. The van der Waals surface area contributed by atoms with Crippen LogP contribution in [0.25, 0.3) is 0 Å². The summed E-state index contributed by atoms with van der Waals surface area (Å²) in [6, 6.07) is 15.1. The minimum absolute atomic E-state index is 0.194. The van der Waals surface area contributed by atoms with Gasteiger partial charge in [0.2, 0.25) is 21.8 Å². The summed E-state index contributed by atoms with van der Waals surface area (Å²) in [5.41, 5.74) is 1.20. The fraction of sp³-hybridized carbons (Fsp3) is 0.440. The molecule has 0 saturated carbocycles. The molecule has 0 bridgehead atoms. The highest BCUT2D eigenvalue weighted by Gasteiger charge is 2.31. The summed E-state index contributed by atoms with van der Waals surface area (Å²) in [5, 5.41) is 2.91. The predicted octanol–water partition coefficient (Wildman–Crippen LogP) is 3.18. The van der Waals surface area contributed by atoms with Crippen LogP contribution in [0.2, 0.25) is 0 Å². The zero-order valence-corrected chi connectivity index (χ0v) is 21.2. The summed E-state index contributed by atoms with van der Waals surface area (Å²) in [7, 11) is -2.25. The second kappa shape index (κ2) is 13.0. The molecule has 0 saturated heterocycles. The van der Waals surface area contributed by atoms with Gasteiger partial charge in [-0.1, -0.05) is 50.6 Å². The van der Waals surface area contributed by atoms with E-state index in [0.29, 0.717) is 24.4 Å². The number of methoxy groups -OCH3 is 1. The molecule has 2 aromatic rings. The lowest BCUT2D eigenvalue weighted by Crippen LogP contribution is -2.52. The van der Waals surface area contributed by atoms with Gasteiger partial charge in [0.25, 0.3) is 0 Å². The molecule has 0 heterocycles. The fourth-order valence-electron chi connectivity index (χ4n) is 3.57. The number of ether oxygens (including phenoxy) is 1. The van der Waals surface area contributed by atoms with Crippen molar-refractivity contribution >= 4 is 27.5 Å². The average Bonchev–Trinajstić information content (AvgIpc) is 2.82. The van der Waals surface area contributed by atoms with Gasteiger partial charge in [0.05, 0.1) is 19.1 Å². The van der Waals surface area contributed by atoms with Gasteiger partial charge >= 0.3 is 0 Å². The van der Waals surface area contributed by atoms with Gasteiger partial charge in [0.1, 0.15) is 18.3 Å². The number of benzene rings is 2. The van der Waals surface area contributed by atoms with E-state index >= 15 is 0 Å². The number of sulfonamides is 1. The van der Waals surface area contributed by atoms with Crippen LogP contribution >= 0.6 is 0 Å². The van der Waals surface area contributed by atoms with Crippen molar-refractivity contribution in [1.82, 2.24) is 10.2 Å². The zero-order valence-electron chi connectivity index (χ0n) is 20.4. The number of hydrogen-bond donors (Lipinski definition) is 1. The van der Waals surface area contributed by atoms with Gasteiger partial charge in [-0.3, -0.25) is 13.9 Å². The lowest BCUT2D eigenvalue weighted by Gasteiger charge is -2.33. The number of carbonyl (C=O) groups excluding carboxylic acids is 2. The van der Waals surface area contributed by atoms with E-state index in [1.165, 1.54) is 12.0 Å². The Bertz CT molecular complexity index is 1030. The topological polar surface area (TPSA) is 96.0 Å². The van der Waals surface area contributed by atoms with Gasteiger partial charge in [-0.05, 0) is 42.7 Å². The lowest BCUT2D eigenvalue weighted by molar-refractivity contribution is -0.140. The second-order valence-corrected chi connectivity index (χ2v) is 9.95. The molecule has 34 heavy (non-hydrogen) atoms. The van der Waals surface area contributed by atoms with Crippen LogP contribution in [0.3, 0.4) is 0 Å². The molecule has 1 N–H and O–H groups in total. The van der Waals surface area contributed by atoms with Gasteiger partial charge in [-0.25, -0.2) is 8.42 Å². The Morgan fingerprint density at radius 2 is 1.68 bits per heavy atom. The zero-order chi connectivity index (χ0) is 25.1. The summed E-state index contributed by atoms with van der Waals surface area (Å²) in [4.78, 5) is 28.0. The van der Waals surface area contributed by atoms with Gasteiger partial charge in [-0.2, -0.15) is 0 Å². The minimum Gasteiger partial charge on any atom is -0.497 e. The van der Waals surface area contributed by atoms with Crippen molar-refractivity contribution in [3.63, 3.8) is 0 Å². The third-order valence-electron chi connectivity index (χ3n) is 5.45. The molecule has 186 valence electrons. The number of nitrogens with one attached hydrogen (secondary N) is 1. The van der Waals surface area contributed by atoms with Gasteiger partial charge < -0.3 is 15.0 Å². The highest BCUT2D eigenvalue weighted by molar-refractivity contribution is 7.92. The van der Waals surface area contributed by atoms with E-state index in [1.807, 2.05) is 44.2 Å². The summed E-state index contributed by atoms with van der Waals surface area (Å²) in [6.45, 7) is 4.18. The molecular weight excluding hydrogens is 454 g/mol. The van der Waals surface area contributed by atoms with Crippen LogP contribution in [0.15, 0.2) is 54.6 Å². The van der Waals surface area contributed by atoms with Crippen LogP contribution < -0.4 is 14.4 Å². The summed E-state index contributed by atoms with van der Waals surface area (Å²) < 4.78 is 31.4. The number of amides is 2. The van der Waals surface area contributed by atoms with E-state index in [2.05, 4.69) is 5.32 Å².